The third-order valence-corrected chi connectivity index (χ3v) is 4.20. The highest BCUT2D eigenvalue weighted by Crippen LogP contribution is 2.29. The number of benzene rings is 2. The molecule has 6 nitrogen and oxygen atoms in total. The summed E-state index contributed by atoms with van der Waals surface area (Å²) in [5, 5.41) is 14.1. The quantitative estimate of drug-likeness (QED) is 0.580. The maximum absolute atomic E-state index is 12.1. The zero-order chi connectivity index (χ0) is 18.4. The molecule has 0 radical (unpaired) electrons. The third-order valence-electron chi connectivity index (χ3n) is 3.57. The van der Waals surface area contributed by atoms with Crippen LogP contribution in [-0.2, 0) is 11.2 Å². The fourth-order valence-corrected chi connectivity index (χ4v) is 2.72. The number of nitrogens with one attached hydrogen (secondary N) is 1. The summed E-state index contributed by atoms with van der Waals surface area (Å²) in [5.74, 6) is -0.221. The van der Waals surface area contributed by atoms with Gasteiger partial charge in [0.25, 0.3) is 5.69 Å². The second-order valence-corrected chi connectivity index (χ2v) is 6.37. The number of amides is 1. The van der Waals surface area contributed by atoms with Crippen molar-refractivity contribution in [2.24, 2.45) is 0 Å². The molecule has 0 fully saturated rings. The number of rotatable bonds is 7. The average Bonchev–Trinajstić information content (AvgIpc) is 2.57. The lowest BCUT2D eigenvalue weighted by atomic mass is 10.1. The molecule has 0 spiro atoms. The van der Waals surface area contributed by atoms with E-state index in [0.29, 0.717) is 28.7 Å². The van der Waals surface area contributed by atoms with Gasteiger partial charge < -0.3 is 5.32 Å². The van der Waals surface area contributed by atoms with Crippen molar-refractivity contribution in [2.45, 2.75) is 6.42 Å². The molecule has 0 heterocycles. The van der Waals surface area contributed by atoms with Gasteiger partial charge in [-0.2, -0.15) is 0 Å². The van der Waals surface area contributed by atoms with Crippen LogP contribution in [0.2, 0.25) is 10.0 Å². The molecule has 2 aromatic rings. The average molecular weight is 382 g/mol. The molecule has 1 amide bonds. The number of anilines is 1. The summed E-state index contributed by atoms with van der Waals surface area (Å²) in [6.45, 7) is 0.802. The van der Waals surface area contributed by atoms with Crippen molar-refractivity contribution in [1.29, 1.82) is 0 Å². The summed E-state index contributed by atoms with van der Waals surface area (Å²) in [4.78, 5) is 24.2. The molecule has 0 unspecified atom stereocenters. The van der Waals surface area contributed by atoms with Crippen LogP contribution in [0.4, 0.5) is 11.4 Å². The number of nitro groups is 1. The summed E-state index contributed by atoms with van der Waals surface area (Å²) >= 11 is 12.1. The number of non-ortho nitro benzene ring substituents is 1. The normalized spacial score (nSPS) is 10.7. The first kappa shape index (κ1) is 19.2. The molecule has 132 valence electrons. The number of hydrogen-bond acceptors (Lipinski definition) is 4. The Kier molecular flexibility index (Phi) is 6.75. The monoisotopic (exact) mass is 381 g/mol. The number of carbonyl (C=O) groups excluding carboxylic acids is 1. The van der Waals surface area contributed by atoms with Crippen molar-refractivity contribution in [3.8, 4) is 0 Å². The van der Waals surface area contributed by atoms with Gasteiger partial charge in [0.05, 0.1) is 27.2 Å². The van der Waals surface area contributed by atoms with E-state index in [1.54, 1.807) is 30.3 Å². The SMILES string of the molecule is CN(CCc1ccc([N+](=O)[O-])cc1)CC(=O)Nc1c(Cl)cccc1Cl. The first-order valence-corrected chi connectivity index (χ1v) is 8.28. The highest BCUT2D eigenvalue weighted by atomic mass is 35.5. The molecular weight excluding hydrogens is 365 g/mol. The van der Waals surface area contributed by atoms with Crippen molar-refractivity contribution in [2.75, 3.05) is 25.5 Å². The number of carbonyl (C=O) groups is 1. The van der Waals surface area contributed by atoms with E-state index in [-0.39, 0.29) is 18.1 Å². The Morgan fingerprint density at radius 1 is 1.16 bits per heavy atom. The Balaban J connectivity index is 1.84. The first-order valence-electron chi connectivity index (χ1n) is 7.52. The van der Waals surface area contributed by atoms with Crippen LogP contribution in [0.25, 0.3) is 0 Å². The molecule has 2 aromatic carbocycles. The van der Waals surface area contributed by atoms with Crippen LogP contribution < -0.4 is 5.32 Å². The van der Waals surface area contributed by atoms with Gasteiger partial charge >= 0.3 is 0 Å². The van der Waals surface area contributed by atoms with Gasteiger partial charge in [-0.15, -0.1) is 0 Å². The smallest absolute Gasteiger partial charge is 0.269 e. The van der Waals surface area contributed by atoms with Gasteiger partial charge in [0, 0.05) is 18.7 Å². The van der Waals surface area contributed by atoms with Crippen molar-refractivity contribution in [1.82, 2.24) is 4.90 Å². The molecule has 8 heteroatoms. The highest BCUT2D eigenvalue weighted by Gasteiger charge is 2.12. The van der Waals surface area contributed by atoms with Crippen LogP contribution >= 0.6 is 23.2 Å². The third kappa shape index (κ3) is 5.70. The number of hydrogen-bond donors (Lipinski definition) is 1. The summed E-state index contributed by atoms with van der Waals surface area (Å²) in [6.07, 6.45) is 0.675. The fourth-order valence-electron chi connectivity index (χ4n) is 2.22. The van der Waals surface area contributed by atoms with E-state index >= 15 is 0 Å². The molecule has 1 N–H and O–H groups in total. The zero-order valence-corrected chi connectivity index (χ0v) is 15.0. The van der Waals surface area contributed by atoms with Crippen molar-refractivity contribution in [3.63, 3.8) is 0 Å². The second kappa shape index (κ2) is 8.80. The maximum atomic E-state index is 12.1. The van der Waals surface area contributed by atoms with Crippen LogP contribution in [0.1, 0.15) is 5.56 Å². The van der Waals surface area contributed by atoms with Gasteiger partial charge in [-0.05, 0) is 31.2 Å². The first-order chi connectivity index (χ1) is 11.9. The minimum atomic E-state index is -0.430. The molecule has 0 aliphatic rings. The van der Waals surface area contributed by atoms with Crippen LogP contribution in [-0.4, -0.2) is 35.9 Å². The van der Waals surface area contributed by atoms with E-state index in [2.05, 4.69) is 5.32 Å². The molecule has 25 heavy (non-hydrogen) atoms. The van der Waals surface area contributed by atoms with Gasteiger partial charge in [0.2, 0.25) is 5.91 Å². The lowest BCUT2D eigenvalue weighted by Gasteiger charge is -2.17. The van der Waals surface area contributed by atoms with Gasteiger partial charge in [-0.1, -0.05) is 41.4 Å². The summed E-state index contributed by atoms with van der Waals surface area (Å²) in [5.41, 5.74) is 1.43. The molecular formula is C17H17Cl2N3O3. The van der Waals surface area contributed by atoms with Crippen LogP contribution in [0.3, 0.4) is 0 Å². The number of nitro benzene ring substituents is 1. The highest BCUT2D eigenvalue weighted by molar-refractivity contribution is 6.39. The molecule has 0 aliphatic heterocycles. The van der Waals surface area contributed by atoms with Gasteiger partial charge in [0.15, 0.2) is 0 Å². The Bertz CT molecular complexity index is 746. The van der Waals surface area contributed by atoms with Gasteiger partial charge in [0.1, 0.15) is 0 Å². The predicted molar refractivity (Wildman–Crippen MR) is 99.4 cm³/mol. The second-order valence-electron chi connectivity index (χ2n) is 5.56. The standard InChI is InChI=1S/C17H17Cl2N3O3/c1-21(10-9-12-5-7-13(8-6-12)22(24)25)11-16(23)20-17-14(18)3-2-4-15(17)19/h2-8H,9-11H2,1H3,(H,20,23). The lowest BCUT2D eigenvalue weighted by Crippen LogP contribution is -2.31. The lowest BCUT2D eigenvalue weighted by molar-refractivity contribution is -0.384. The predicted octanol–water partition coefficient (Wildman–Crippen LogP) is 4.01. The minimum absolute atomic E-state index is 0.0631. The number of para-hydroxylation sites is 1. The molecule has 0 saturated carbocycles. The van der Waals surface area contributed by atoms with Crippen LogP contribution in [0.5, 0.6) is 0 Å². The summed E-state index contributed by atoms with van der Waals surface area (Å²) < 4.78 is 0. The molecule has 2 rings (SSSR count). The number of nitrogens with zero attached hydrogens (tertiary/aromatic N) is 2. The van der Waals surface area contributed by atoms with Crippen molar-refractivity contribution < 1.29 is 9.72 Å². The maximum Gasteiger partial charge on any atom is 0.269 e. The Hall–Kier alpha value is -2.15. The van der Waals surface area contributed by atoms with E-state index in [0.717, 1.165) is 5.56 Å². The van der Waals surface area contributed by atoms with Crippen LogP contribution in [0.15, 0.2) is 42.5 Å². The van der Waals surface area contributed by atoms with Gasteiger partial charge in [-0.3, -0.25) is 19.8 Å². The summed E-state index contributed by atoms with van der Waals surface area (Å²) in [6, 6.07) is 11.4. The van der Waals surface area contributed by atoms with Gasteiger partial charge in [-0.25, -0.2) is 0 Å². The van der Waals surface area contributed by atoms with Crippen LogP contribution in [0, 0.1) is 10.1 Å². The number of likely N-dealkylation sites (N-methyl/N-ethyl adjacent to an activating group) is 1. The van der Waals surface area contributed by atoms with Crippen molar-refractivity contribution in [3.05, 3.63) is 68.2 Å². The fraction of sp³-hybridized carbons (Fsp3) is 0.235. The topological polar surface area (TPSA) is 75.5 Å². The molecule has 0 bridgehead atoms. The number of halogens is 2. The molecule has 0 aromatic heterocycles. The minimum Gasteiger partial charge on any atom is -0.322 e. The molecule has 0 saturated heterocycles. The molecule has 0 aliphatic carbocycles. The zero-order valence-electron chi connectivity index (χ0n) is 13.5. The Morgan fingerprint density at radius 3 is 2.32 bits per heavy atom. The van der Waals surface area contributed by atoms with E-state index < -0.39 is 4.92 Å². The van der Waals surface area contributed by atoms with E-state index in [1.807, 2.05) is 11.9 Å². The summed E-state index contributed by atoms with van der Waals surface area (Å²) in [7, 11) is 1.82. The van der Waals surface area contributed by atoms with Crippen molar-refractivity contribution >= 4 is 40.5 Å². The Morgan fingerprint density at radius 2 is 1.76 bits per heavy atom. The van der Waals surface area contributed by atoms with E-state index in [9.17, 15) is 14.9 Å². The Labute approximate surface area is 155 Å². The van der Waals surface area contributed by atoms with E-state index in [4.69, 9.17) is 23.2 Å². The molecule has 0 atom stereocenters. The van der Waals surface area contributed by atoms with E-state index in [1.165, 1.54) is 12.1 Å². The largest absolute Gasteiger partial charge is 0.322 e.